The summed E-state index contributed by atoms with van der Waals surface area (Å²) in [5, 5.41) is 3.21. The number of benzene rings is 1. The molecule has 2 atom stereocenters. The van der Waals surface area contributed by atoms with Gasteiger partial charge < -0.3 is 11.1 Å². The monoisotopic (exact) mass is 284 g/mol. The Morgan fingerprint density at radius 3 is 2.95 bits per heavy atom. The third-order valence-corrected chi connectivity index (χ3v) is 4.21. The van der Waals surface area contributed by atoms with Gasteiger partial charge in [0.25, 0.3) is 5.91 Å². The van der Waals surface area contributed by atoms with Crippen molar-refractivity contribution in [3.05, 3.63) is 35.4 Å². The number of rotatable bonds is 3. The van der Waals surface area contributed by atoms with Crippen molar-refractivity contribution in [3.8, 4) is 11.8 Å². The summed E-state index contributed by atoms with van der Waals surface area (Å²) in [4.78, 5) is 12.4. The molecular weight excluding hydrogens is 260 g/mol. The third-order valence-electron chi connectivity index (χ3n) is 4.21. The van der Waals surface area contributed by atoms with Crippen LogP contribution in [0.4, 0.5) is 0 Å². The van der Waals surface area contributed by atoms with Crippen molar-refractivity contribution in [2.24, 2.45) is 11.7 Å². The van der Waals surface area contributed by atoms with Gasteiger partial charge in [0.15, 0.2) is 0 Å². The van der Waals surface area contributed by atoms with E-state index in [0.717, 1.165) is 18.4 Å². The quantitative estimate of drug-likeness (QED) is 0.839. The molecule has 2 unspecified atom stereocenters. The van der Waals surface area contributed by atoms with E-state index in [4.69, 9.17) is 5.73 Å². The first-order valence-corrected chi connectivity index (χ1v) is 7.84. The second-order valence-corrected chi connectivity index (χ2v) is 5.62. The van der Waals surface area contributed by atoms with Crippen LogP contribution in [0.5, 0.6) is 0 Å². The Morgan fingerprint density at radius 2 is 2.19 bits per heavy atom. The second-order valence-electron chi connectivity index (χ2n) is 5.62. The zero-order valence-corrected chi connectivity index (χ0v) is 12.7. The summed E-state index contributed by atoms with van der Waals surface area (Å²) in [5.41, 5.74) is 6.89. The lowest BCUT2D eigenvalue weighted by molar-refractivity contribution is 0.0904. The minimum atomic E-state index is 0.0109. The molecule has 0 spiro atoms. The van der Waals surface area contributed by atoms with Crippen LogP contribution in [0.1, 0.15) is 54.9 Å². The highest BCUT2D eigenvalue weighted by molar-refractivity contribution is 5.94. The van der Waals surface area contributed by atoms with Gasteiger partial charge in [0.1, 0.15) is 0 Å². The molecule has 1 saturated carbocycles. The fourth-order valence-electron chi connectivity index (χ4n) is 3.03. The zero-order valence-electron chi connectivity index (χ0n) is 12.7. The molecule has 0 heterocycles. The molecule has 0 aliphatic heterocycles. The minimum absolute atomic E-state index is 0.0109. The Bertz CT molecular complexity index is 542. The van der Waals surface area contributed by atoms with Gasteiger partial charge in [0.05, 0.1) is 6.54 Å². The summed E-state index contributed by atoms with van der Waals surface area (Å²) >= 11 is 0. The number of hydrogen-bond acceptors (Lipinski definition) is 2. The van der Waals surface area contributed by atoms with E-state index < -0.39 is 0 Å². The molecule has 0 aromatic heterocycles. The highest BCUT2D eigenvalue weighted by Crippen LogP contribution is 2.27. The molecule has 0 radical (unpaired) electrons. The van der Waals surface area contributed by atoms with Crippen LogP contribution < -0.4 is 11.1 Å². The molecule has 21 heavy (non-hydrogen) atoms. The molecular formula is C18H24N2O. The molecule has 1 amide bonds. The zero-order chi connectivity index (χ0) is 15.1. The Balaban J connectivity index is 2.05. The Hall–Kier alpha value is -1.79. The van der Waals surface area contributed by atoms with Crippen molar-refractivity contribution in [2.75, 3.05) is 6.54 Å². The van der Waals surface area contributed by atoms with E-state index >= 15 is 0 Å². The average Bonchev–Trinajstić information content (AvgIpc) is 2.53. The molecule has 0 bridgehead atoms. The third kappa shape index (κ3) is 4.34. The van der Waals surface area contributed by atoms with Gasteiger partial charge in [-0.15, -0.1) is 0 Å². The van der Waals surface area contributed by atoms with E-state index in [1.165, 1.54) is 19.3 Å². The SMILES string of the molecule is CCC1CCCCC1NC(=O)c1cccc(C#CCN)c1. The summed E-state index contributed by atoms with van der Waals surface area (Å²) in [7, 11) is 0. The van der Waals surface area contributed by atoms with Crippen molar-refractivity contribution in [3.63, 3.8) is 0 Å². The fourth-order valence-corrected chi connectivity index (χ4v) is 3.03. The van der Waals surface area contributed by atoms with Crippen molar-refractivity contribution in [2.45, 2.75) is 45.1 Å². The predicted molar refractivity (Wildman–Crippen MR) is 85.9 cm³/mol. The first kappa shape index (κ1) is 15.6. The van der Waals surface area contributed by atoms with Crippen molar-refractivity contribution in [1.82, 2.24) is 5.32 Å². The number of nitrogens with one attached hydrogen (secondary N) is 1. The van der Waals surface area contributed by atoms with E-state index in [9.17, 15) is 4.79 Å². The molecule has 1 aliphatic rings. The smallest absolute Gasteiger partial charge is 0.251 e. The van der Waals surface area contributed by atoms with Crippen LogP contribution in [-0.4, -0.2) is 18.5 Å². The van der Waals surface area contributed by atoms with Crippen molar-refractivity contribution >= 4 is 5.91 Å². The molecule has 2 rings (SSSR count). The summed E-state index contributed by atoms with van der Waals surface area (Å²) in [6.45, 7) is 2.54. The topological polar surface area (TPSA) is 55.1 Å². The lowest BCUT2D eigenvalue weighted by atomic mass is 9.83. The molecule has 1 aromatic carbocycles. The highest BCUT2D eigenvalue weighted by Gasteiger charge is 2.25. The molecule has 1 fully saturated rings. The van der Waals surface area contributed by atoms with E-state index in [2.05, 4.69) is 24.1 Å². The Morgan fingerprint density at radius 1 is 1.38 bits per heavy atom. The van der Waals surface area contributed by atoms with Gasteiger partial charge in [-0.3, -0.25) is 4.79 Å². The number of nitrogens with two attached hydrogens (primary N) is 1. The second kappa shape index (κ2) is 7.85. The lowest BCUT2D eigenvalue weighted by Crippen LogP contribution is -2.41. The van der Waals surface area contributed by atoms with Gasteiger partial charge >= 0.3 is 0 Å². The van der Waals surface area contributed by atoms with E-state index in [0.29, 0.717) is 24.1 Å². The van der Waals surface area contributed by atoms with Crippen LogP contribution in [0.15, 0.2) is 24.3 Å². The minimum Gasteiger partial charge on any atom is -0.349 e. The van der Waals surface area contributed by atoms with Gasteiger partial charge in [-0.05, 0) is 37.0 Å². The fraction of sp³-hybridized carbons (Fsp3) is 0.500. The van der Waals surface area contributed by atoms with Crippen LogP contribution in [0.2, 0.25) is 0 Å². The number of carbonyl (C=O) groups excluding carboxylic acids is 1. The molecule has 3 nitrogen and oxygen atoms in total. The van der Waals surface area contributed by atoms with E-state index in [1.54, 1.807) is 0 Å². The maximum absolute atomic E-state index is 12.4. The molecule has 0 saturated heterocycles. The molecule has 3 heteroatoms. The average molecular weight is 284 g/mol. The molecule has 112 valence electrons. The lowest BCUT2D eigenvalue weighted by Gasteiger charge is -2.31. The largest absolute Gasteiger partial charge is 0.349 e. The van der Waals surface area contributed by atoms with Gasteiger partial charge in [0, 0.05) is 17.2 Å². The van der Waals surface area contributed by atoms with Gasteiger partial charge in [-0.1, -0.05) is 44.1 Å². The van der Waals surface area contributed by atoms with Gasteiger partial charge in [-0.25, -0.2) is 0 Å². The van der Waals surface area contributed by atoms with Crippen LogP contribution in [0.3, 0.4) is 0 Å². The summed E-state index contributed by atoms with van der Waals surface area (Å²) in [5.74, 6) is 6.41. The van der Waals surface area contributed by atoms with Crippen LogP contribution in [0, 0.1) is 17.8 Å². The van der Waals surface area contributed by atoms with Crippen molar-refractivity contribution < 1.29 is 4.79 Å². The Kier molecular flexibility index (Phi) is 5.83. The van der Waals surface area contributed by atoms with Gasteiger partial charge in [0.2, 0.25) is 0 Å². The maximum atomic E-state index is 12.4. The van der Waals surface area contributed by atoms with Crippen LogP contribution in [-0.2, 0) is 0 Å². The standard InChI is InChI=1S/C18H24N2O/c1-2-15-9-3-4-11-17(15)20-18(21)16-10-5-7-14(13-16)8-6-12-19/h5,7,10,13,15,17H,2-4,9,11-12,19H2,1H3,(H,20,21). The molecule has 3 N–H and O–H groups in total. The van der Waals surface area contributed by atoms with Gasteiger partial charge in [-0.2, -0.15) is 0 Å². The highest BCUT2D eigenvalue weighted by atomic mass is 16.1. The summed E-state index contributed by atoms with van der Waals surface area (Å²) in [6, 6.07) is 7.76. The molecule has 1 aromatic rings. The van der Waals surface area contributed by atoms with Crippen molar-refractivity contribution in [1.29, 1.82) is 0 Å². The summed E-state index contributed by atoms with van der Waals surface area (Å²) < 4.78 is 0. The molecule has 1 aliphatic carbocycles. The number of amides is 1. The number of carbonyl (C=O) groups is 1. The van der Waals surface area contributed by atoms with E-state index in [-0.39, 0.29) is 5.91 Å². The van der Waals surface area contributed by atoms with Crippen LogP contribution in [0.25, 0.3) is 0 Å². The van der Waals surface area contributed by atoms with E-state index in [1.807, 2.05) is 24.3 Å². The Labute approximate surface area is 127 Å². The number of hydrogen-bond donors (Lipinski definition) is 2. The normalized spacial score (nSPS) is 21.2. The summed E-state index contributed by atoms with van der Waals surface area (Å²) in [6.07, 6.45) is 5.95. The first-order chi connectivity index (χ1) is 10.2. The predicted octanol–water partition coefficient (Wildman–Crippen LogP) is 2.70. The first-order valence-electron chi connectivity index (χ1n) is 7.84. The van der Waals surface area contributed by atoms with Crippen LogP contribution >= 0.6 is 0 Å². The maximum Gasteiger partial charge on any atom is 0.251 e.